The molecule has 2 heterocycles. The number of amides is 1. The molecule has 0 aliphatic carbocycles. The summed E-state index contributed by atoms with van der Waals surface area (Å²) in [6.45, 7) is 3.21. The second-order valence-electron chi connectivity index (χ2n) is 6.52. The molecule has 5 heteroatoms. The Labute approximate surface area is 147 Å². The second-order valence-corrected chi connectivity index (χ2v) is 7.50. The SMILES string of the molecule is CSCCC(=O)N1CCC(O)(c2ccc3nc(C)ccc3c2)CC1. The van der Waals surface area contributed by atoms with Gasteiger partial charge in [-0.1, -0.05) is 12.1 Å². The Hall–Kier alpha value is -1.59. The lowest BCUT2D eigenvalue weighted by atomic mass is 9.84. The highest BCUT2D eigenvalue weighted by Crippen LogP contribution is 2.34. The van der Waals surface area contributed by atoms with Crippen LogP contribution in [0.5, 0.6) is 0 Å². The lowest BCUT2D eigenvalue weighted by molar-refractivity contribution is -0.135. The number of carbonyl (C=O) groups is 1. The Morgan fingerprint density at radius 2 is 2.04 bits per heavy atom. The van der Waals surface area contributed by atoms with Crippen molar-refractivity contribution in [3.63, 3.8) is 0 Å². The summed E-state index contributed by atoms with van der Waals surface area (Å²) in [6.07, 6.45) is 3.77. The second kappa shape index (κ2) is 7.11. The van der Waals surface area contributed by atoms with Gasteiger partial charge in [0.15, 0.2) is 0 Å². The zero-order valence-corrected chi connectivity index (χ0v) is 15.1. The van der Waals surface area contributed by atoms with Gasteiger partial charge in [0, 0.05) is 36.3 Å². The number of aryl methyl sites for hydroxylation is 1. The highest BCUT2D eigenvalue weighted by molar-refractivity contribution is 7.98. The van der Waals surface area contributed by atoms with Crippen molar-refractivity contribution >= 4 is 28.6 Å². The Morgan fingerprint density at radius 1 is 1.29 bits per heavy atom. The number of nitrogens with zero attached hydrogens (tertiary/aromatic N) is 2. The molecule has 128 valence electrons. The van der Waals surface area contributed by atoms with E-state index < -0.39 is 5.60 Å². The van der Waals surface area contributed by atoms with Crippen LogP contribution in [0, 0.1) is 6.92 Å². The van der Waals surface area contributed by atoms with Crippen molar-refractivity contribution in [1.29, 1.82) is 0 Å². The Balaban J connectivity index is 1.73. The Bertz CT molecular complexity index is 739. The van der Waals surface area contributed by atoms with Crippen molar-refractivity contribution in [2.45, 2.75) is 31.8 Å². The van der Waals surface area contributed by atoms with Gasteiger partial charge in [0.1, 0.15) is 0 Å². The molecule has 1 aromatic carbocycles. The molecule has 1 aromatic heterocycles. The first-order chi connectivity index (χ1) is 11.5. The number of rotatable bonds is 4. The predicted molar refractivity (Wildman–Crippen MR) is 99.2 cm³/mol. The van der Waals surface area contributed by atoms with Crippen LogP contribution in [-0.4, -0.2) is 46.0 Å². The fourth-order valence-corrected chi connectivity index (χ4v) is 3.66. The van der Waals surface area contributed by atoms with Crippen LogP contribution in [-0.2, 0) is 10.4 Å². The van der Waals surface area contributed by atoms with Gasteiger partial charge < -0.3 is 10.0 Å². The minimum atomic E-state index is -0.852. The number of fused-ring (bicyclic) bond motifs is 1. The molecule has 1 aliphatic heterocycles. The number of thioether (sulfide) groups is 1. The predicted octanol–water partition coefficient (Wildman–Crippen LogP) is 3.11. The third kappa shape index (κ3) is 3.57. The fraction of sp³-hybridized carbons (Fsp3) is 0.474. The molecule has 3 rings (SSSR count). The number of hydrogen-bond acceptors (Lipinski definition) is 4. The Morgan fingerprint density at radius 3 is 2.75 bits per heavy atom. The number of likely N-dealkylation sites (tertiary alicyclic amines) is 1. The highest BCUT2D eigenvalue weighted by Gasteiger charge is 2.35. The van der Waals surface area contributed by atoms with E-state index in [1.54, 1.807) is 11.8 Å². The van der Waals surface area contributed by atoms with Crippen molar-refractivity contribution in [1.82, 2.24) is 9.88 Å². The fourth-order valence-electron chi connectivity index (χ4n) is 3.28. The molecule has 1 N–H and O–H groups in total. The number of pyridine rings is 1. The van der Waals surface area contributed by atoms with Gasteiger partial charge in [-0.15, -0.1) is 0 Å². The third-order valence-electron chi connectivity index (χ3n) is 4.83. The maximum Gasteiger partial charge on any atom is 0.223 e. The first kappa shape index (κ1) is 17.2. The maximum atomic E-state index is 12.1. The van der Waals surface area contributed by atoms with E-state index in [0.29, 0.717) is 32.4 Å². The summed E-state index contributed by atoms with van der Waals surface area (Å²) in [4.78, 5) is 18.5. The molecule has 1 amide bonds. The molecule has 2 aromatic rings. The largest absolute Gasteiger partial charge is 0.385 e. The van der Waals surface area contributed by atoms with Gasteiger partial charge in [-0.25, -0.2) is 0 Å². The molecule has 0 radical (unpaired) electrons. The molecule has 0 bridgehead atoms. The number of carbonyl (C=O) groups excluding carboxylic acids is 1. The van der Waals surface area contributed by atoms with Gasteiger partial charge in [0.2, 0.25) is 5.91 Å². The molecular formula is C19H24N2O2S. The average Bonchev–Trinajstić information content (AvgIpc) is 2.59. The molecule has 24 heavy (non-hydrogen) atoms. The lowest BCUT2D eigenvalue weighted by Gasteiger charge is -2.38. The molecule has 1 fully saturated rings. The van der Waals surface area contributed by atoms with Crippen LogP contribution >= 0.6 is 11.8 Å². The topological polar surface area (TPSA) is 53.4 Å². The Kier molecular flexibility index (Phi) is 5.11. The summed E-state index contributed by atoms with van der Waals surface area (Å²) in [5.74, 6) is 1.06. The summed E-state index contributed by atoms with van der Waals surface area (Å²) in [6, 6.07) is 10.0. The third-order valence-corrected chi connectivity index (χ3v) is 5.44. The van der Waals surface area contributed by atoms with Gasteiger partial charge >= 0.3 is 0 Å². The first-order valence-corrected chi connectivity index (χ1v) is 9.78. The van der Waals surface area contributed by atoms with Crippen molar-refractivity contribution in [2.24, 2.45) is 0 Å². The van der Waals surface area contributed by atoms with Crippen molar-refractivity contribution < 1.29 is 9.90 Å². The van der Waals surface area contributed by atoms with E-state index in [1.165, 1.54) is 0 Å². The molecule has 1 saturated heterocycles. The van der Waals surface area contributed by atoms with E-state index in [2.05, 4.69) is 4.98 Å². The first-order valence-electron chi connectivity index (χ1n) is 8.39. The van der Waals surface area contributed by atoms with Crippen LogP contribution in [0.1, 0.15) is 30.5 Å². The number of hydrogen-bond donors (Lipinski definition) is 1. The standard InChI is InChI=1S/C19H24N2O2S/c1-14-3-4-15-13-16(5-6-17(15)20-14)19(23)8-10-21(11-9-19)18(22)7-12-24-2/h3-6,13,23H,7-12H2,1-2H3. The van der Waals surface area contributed by atoms with Crippen molar-refractivity contribution in [3.8, 4) is 0 Å². The molecule has 0 unspecified atom stereocenters. The zero-order chi connectivity index (χ0) is 17.2. The summed E-state index contributed by atoms with van der Waals surface area (Å²) in [5.41, 5.74) is 2.02. The normalized spacial score (nSPS) is 17.2. The molecule has 0 spiro atoms. The summed E-state index contributed by atoms with van der Waals surface area (Å²) in [7, 11) is 0. The van der Waals surface area contributed by atoms with Gasteiger partial charge in [0.05, 0.1) is 11.1 Å². The summed E-state index contributed by atoms with van der Waals surface area (Å²) in [5, 5.41) is 12.1. The van der Waals surface area contributed by atoms with E-state index >= 15 is 0 Å². The minimum Gasteiger partial charge on any atom is -0.385 e. The molecule has 1 aliphatic rings. The molecule has 4 nitrogen and oxygen atoms in total. The van der Waals surface area contributed by atoms with E-state index in [4.69, 9.17) is 0 Å². The minimum absolute atomic E-state index is 0.199. The van der Waals surface area contributed by atoms with Crippen LogP contribution in [0.2, 0.25) is 0 Å². The van der Waals surface area contributed by atoms with Gasteiger partial charge in [-0.05, 0) is 49.8 Å². The van der Waals surface area contributed by atoms with E-state index in [9.17, 15) is 9.90 Å². The van der Waals surface area contributed by atoms with Crippen LogP contribution in [0.3, 0.4) is 0 Å². The number of aromatic nitrogens is 1. The van der Waals surface area contributed by atoms with E-state index in [0.717, 1.165) is 27.9 Å². The number of piperidine rings is 1. The van der Waals surface area contributed by atoms with Crippen molar-refractivity contribution in [2.75, 3.05) is 25.1 Å². The van der Waals surface area contributed by atoms with Crippen LogP contribution < -0.4 is 0 Å². The van der Waals surface area contributed by atoms with E-state index in [1.807, 2.05) is 48.4 Å². The quantitative estimate of drug-likeness (QED) is 0.926. The van der Waals surface area contributed by atoms with E-state index in [-0.39, 0.29) is 5.91 Å². The molecule has 0 atom stereocenters. The highest BCUT2D eigenvalue weighted by atomic mass is 32.2. The lowest BCUT2D eigenvalue weighted by Crippen LogP contribution is -2.45. The summed E-state index contributed by atoms with van der Waals surface area (Å²) < 4.78 is 0. The monoisotopic (exact) mass is 344 g/mol. The van der Waals surface area contributed by atoms with Crippen LogP contribution in [0.25, 0.3) is 10.9 Å². The number of aliphatic hydroxyl groups is 1. The molecular weight excluding hydrogens is 320 g/mol. The van der Waals surface area contributed by atoms with Gasteiger partial charge in [-0.3, -0.25) is 9.78 Å². The van der Waals surface area contributed by atoms with Gasteiger partial charge in [-0.2, -0.15) is 11.8 Å². The van der Waals surface area contributed by atoms with Crippen LogP contribution in [0.4, 0.5) is 0 Å². The average molecular weight is 344 g/mol. The smallest absolute Gasteiger partial charge is 0.223 e. The summed E-state index contributed by atoms with van der Waals surface area (Å²) >= 11 is 1.69. The zero-order valence-electron chi connectivity index (χ0n) is 14.3. The van der Waals surface area contributed by atoms with Crippen LogP contribution in [0.15, 0.2) is 30.3 Å². The number of benzene rings is 1. The van der Waals surface area contributed by atoms with Gasteiger partial charge in [0.25, 0.3) is 0 Å². The molecule has 0 saturated carbocycles. The van der Waals surface area contributed by atoms with Crippen molar-refractivity contribution in [3.05, 3.63) is 41.6 Å². The maximum absolute atomic E-state index is 12.1.